The molecule has 0 aromatic heterocycles. The van der Waals surface area contributed by atoms with E-state index in [1.54, 1.807) is 4.72 Å². The van der Waals surface area contributed by atoms with Gasteiger partial charge in [0, 0.05) is 6.08 Å². The van der Waals surface area contributed by atoms with E-state index in [1.807, 2.05) is 13.8 Å². The molecule has 2 rings (SSSR count). The highest BCUT2D eigenvalue weighted by Gasteiger charge is 2.31. The van der Waals surface area contributed by atoms with Gasteiger partial charge in [0.25, 0.3) is 0 Å². The van der Waals surface area contributed by atoms with Crippen molar-refractivity contribution in [3.05, 3.63) is 69.8 Å². The lowest BCUT2D eigenvalue weighted by Gasteiger charge is -2.17. The third-order valence-corrected chi connectivity index (χ3v) is 5.90. The number of aryl methyl sites for hydroxylation is 2. The number of carbonyl (C=O) groups excluding carboxylic acids is 1. The number of sulfonamides is 1. The molecule has 2 aromatic carbocycles. The molecule has 36 heavy (non-hydrogen) atoms. The Bertz CT molecular complexity index is 1190. The van der Waals surface area contributed by atoms with Crippen LogP contribution in [0.15, 0.2) is 30.3 Å². The second-order valence-corrected chi connectivity index (χ2v) is 10.3. The monoisotopic (exact) mass is 532 g/mol. The Morgan fingerprint density at radius 2 is 1.50 bits per heavy atom. The molecule has 0 fully saturated rings. The number of anilines is 1. The summed E-state index contributed by atoms with van der Waals surface area (Å²) in [6.07, 6.45) is 0.897. The lowest BCUT2D eigenvalue weighted by molar-refractivity contribution is -0.137. The lowest BCUT2D eigenvalue weighted by atomic mass is 9.92. The third kappa shape index (κ3) is 8.04. The molecule has 0 saturated heterocycles. The molecule has 5 nitrogen and oxygen atoms in total. The second-order valence-electron chi connectivity index (χ2n) is 8.50. The minimum atomic E-state index is -4.49. The molecule has 0 unspecified atom stereocenters. The first-order valence-electron chi connectivity index (χ1n) is 11.3. The highest BCUT2D eigenvalue weighted by molar-refractivity contribution is 7.92. The third-order valence-electron chi connectivity index (χ3n) is 5.33. The van der Waals surface area contributed by atoms with Crippen LogP contribution in [0.25, 0.3) is 6.08 Å². The van der Waals surface area contributed by atoms with E-state index in [1.165, 1.54) is 19.1 Å². The van der Waals surface area contributed by atoms with Gasteiger partial charge in [-0.15, -0.1) is 0 Å². The average molecular weight is 533 g/mol. The molecule has 0 radical (unpaired) electrons. The van der Waals surface area contributed by atoms with Gasteiger partial charge in [0.15, 0.2) is 11.6 Å². The van der Waals surface area contributed by atoms with E-state index in [9.17, 15) is 35.2 Å². The van der Waals surface area contributed by atoms with Gasteiger partial charge in [-0.3, -0.25) is 9.52 Å². The van der Waals surface area contributed by atoms with Crippen LogP contribution in [-0.2, 0) is 33.8 Å². The largest absolute Gasteiger partial charge is 0.416 e. The smallest absolute Gasteiger partial charge is 0.346 e. The van der Waals surface area contributed by atoms with Gasteiger partial charge in [-0.05, 0) is 72.4 Å². The van der Waals surface area contributed by atoms with Crippen LogP contribution in [0, 0.1) is 11.6 Å². The standard InChI is InChI=1S/C25H29F5N2O3S/c1-5-7-16-11-19(25(28,29)30)12-17(8-6-2)20(16)9-10-23(33)31-15(3)18-13-21(26)24(22(27)14-18)32-36(4,34)35/h9-15,32H,5-8H2,1-4H3,(H,31,33)/t15-/m1/s1. The fraction of sp³-hybridized carbons (Fsp3) is 0.400. The Balaban J connectivity index is 2.31. The van der Waals surface area contributed by atoms with Crippen molar-refractivity contribution in [1.29, 1.82) is 0 Å². The number of nitrogens with one attached hydrogen (secondary N) is 2. The number of hydrogen-bond donors (Lipinski definition) is 2. The number of hydrogen-bond acceptors (Lipinski definition) is 3. The van der Waals surface area contributed by atoms with Gasteiger partial charge in [0.2, 0.25) is 15.9 Å². The van der Waals surface area contributed by atoms with Gasteiger partial charge in [-0.25, -0.2) is 17.2 Å². The SMILES string of the molecule is CCCc1cc(C(F)(F)F)cc(CCC)c1C=CC(=O)N[C@H](C)c1cc(F)c(NS(C)(=O)=O)c(F)c1. The fourth-order valence-electron chi connectivity index (χ4n) is 3.74. The van der Waals surface area contributed by atoms with Crippen LogP contribution in [0.3, 0.4) is 0 Å². The molecule has 11 heteroatoms. The maximum atomic E-state index is 14.3. The number of carbonyl (C=O) groups is 1. The second kappa shape index (κ2) is 11.9. The highest BCUT2D eigenvalue weighted by Crippen LogP contribution is 2.34. The fourth-order valence-corrected chi connectivity index (χ4v) is 4.30. The summed E-state index contributed by atoms with van der Waals surface area (Å²) in [5.74, 6) is -2.91. The summed E-state index contributed by atoms with van der Waals surface area (Å²) in [6.45, 7) is 5.17. The zero-order valence-corrected chi connectivity index (χ0v) is 21.2. The molecule has 0 aliphatic carbocycles. The van der Waals surface area contributed by atoms with E-state index >= 15 is 0 Å². The molecule has 2 N–H and O–H groups in total. The molecule has 0 spiro atoms. The minimum Gasteiger partial charge on any atom is -0.346 e. The van der Waals surface area contributed by atoms with Gasteiger partial charge < -0.3 is 5.32 Å². The van der Waals surface area contributed by atoms with Crippen molar-refractivity contribution in [3.63, 3.8) is 0 Å². The maximum Gasteiger partial charge on any atom is 0.416 e. The Morgan fingerprint density at radius 1 is 1.00 bits per heavy atom. The average Bonchev–Trinajstić information content (AvgIpc) is 2.74. The van der Waals surface area contributed by atoms with Crippen molar-refractivity contribution in [2.24, 2.45) is 0 Å². The van der Waals surface area contributed by atoms with Crippen molar-refractivity contribution in [3.8, 4) is 0 Å². The van der Waals surface area contributed by atoms with Crippen LogP contribution in [0.2, 0.25) is 0 Å². The zero-order chi connectivity index (χ0) is 27.3. The van der Waals surface area contributed by atoms with Crippen LogP contribution < -0.4 is 10.0 Å². The van der Waals surface area contributed by atoms with Crippen LogP contribution in [0.4, 0.5) is 27.6 Å². The number of benzene rings is 2. The Hall–Kier alpha value is -2.95. The number of alkyl halides is 3. The first-order valence-corrected chi connectivity index (χ1v) is 13.2. The summed E-state index contributed by atoms with van der Waals surface area (Å²) >= 11 is 0. The first-order chi connectivity index (χ1) is 16.7. The highest BCUT2D eigenvalue weighted by atomic mass is 32.2. The summed E-state index contributed by atoms with van der Waals surface area (Å²) in [4.78, 5) is 12.5. The van der Waals surface area contributed by atoms with Gasteiger partial charge >= 0.3 is 6.18 Å². The molecule has 0 aliphatic heterocycles. The number of amides is 1. The predicted molar refractivity (Wildman–Crippen MR) is 130 cm³/mol. The van der Waals surface area contributed by atoms with Crippen molar-refractivity contribution in [1.82, 2.24) is 5.32 Å². The van der Waals surface area contributed by atoms with Gasteiger partial charge in [-0.2, -0.15) is 13.2 Å². The summed E-state index contributed by atoms with van der Waals surface area (Å²) < 4.78 is 93.0. The number of halogens is 5. The summed E-state index contributed by atoms with van der Waals surface area (Å²) in [5, 5.41) is 2.55. The maximum absolute atomic E-state index is 14.3. The Labute approximate surface area is 207 Å². The molecule has 1 atom stereocenters. The summed E-state index contributed by atoms with van der Waals surface area (Å²) in [5.41, 5.74) is -0.00481. The van der Waals surface area contributed by atoms with Crippen LogP contribution >= 0.6 is 0 Å². The van der Waals surface area contributed by atoms with E-state index in [2.05, 4.69) is 5.32 Å². The van der Waals surface area contributed by atoms with E-state index < -0.39 is 51.0 Å². The minimum absolute atomic E-state index is 0.0543. The van der Waals surface area contributed by atoms with Gasteiger partial charge in [0.05, 0.1) is 17.9 Å². The molecular weight excluding hydrogens is 503 g/mol. The van der Waals surface area contributed by atoms with Crippen molar-refractivity contribution >= 4 is 27.7 Å². The number of rotatable bonds is 10. The van der Waals surface area contributed by atoms with Crippen LogP contribution in [0.5, 0.6) is 0 Å². The van der Waals surface area contributed by atoms with E-state index in [4.69, 9.17) is 0 Å². The lowest BCUT2D eigenvalue weighted by Crippen LogP contribution is -2.25. The topological polar surface area (TPSA) is 75.3 Å². The van der Waals surface area contributed by atoms with Crippen molar-refractivity contribution in [2.45, 2.75) is 58.7 Å². The normalized spacial score (nSPS) is 13.1. The van der Waals surface area contributed by atoms with E-state index in [0.717, 1.165) is 30.5 Å². The van der Waals surface area contributed by atoms with Crippen molar-refractivity contribution < 1.29 is 35.2 Å². The molecule has 198 valence electrons. The molecule has 0 aliphatic rings. The molecular formula is C25H29F5N2O3S. The van der Waals surface area contributed by atoms with Gasteiger partial charge in [-0.1, -0.05) is 26.7 Å². The zero-order valence-electron chi connectivity index (χ0n) is 20.4. The summed E-state index contributed by atoms with van der Waals surface area (Å²) in [6, 6.07) is 3.15. The first kappa shape index (κ1) is 29.3. The quantitative estimate of drug-likeness (QED) is 0.285. The van der Waals surface area contributed by atoms with Crippen LogP contribution in [0.1, 0.15) is 67.5 Å². The molecule has 0 bridgehead atoms. The molecule has 2 aromatic rings. The summed E-state index contributed by atoms with van der Waals surface area (Å²) in [7, 11) is -3.91. The molecule has 1 amide bonds. The van der Waals surface area contributed by atoms with Crippen molar-refractivity contribution in [2.75, 3.05) is 11.0 Å². The Morgan fingerprint density at radius 3 is 1.92 bits per heavy atom. The predicted octanol–water partition coefficient (Wildman–Crippen LogP) is 6.15. The van der Waals surface area contributed by atoms with E-state index in [-0.39, 0.29) is 5.56 Å². The Kier molecular flexibility index (Phi) is 9.64. The molecule has 0 heterocycles. The van der Waals surface area contributed by atoms with Gasteiger partial charge in [0.1, 0.15) is 5.69 Å². The van der Waals surface area contributed by atoms with E-state index in [0.29, 0.717) is 42.4 Å². The van der Waals surface area contributed by atoms with Crippen LogP contribution in [-0.4, -0.2) is 20.6 Å². The molecule has 0 saturated carbocycles.